The molecule has 1 fully saturated rings. The fraction of sp³-hybridized carbons (Fsp3) is 0.632. The molecular weight excluding hydrogens is 368 g/mol. The minimum atomic E-state index is -0.578. The molecule has 0 aliphatic carbocycles. The highest BCUT2D eigenvalue weighted by molar-refractivity contribution is 9.10. The average Bonchev–Trinajstić information content (AvgIpc) is 2.47. The maximum atomic E-state index is 11.9. The number of carbonyl (C=O) groups excluding carboxylic acids is 1. The van der Waals surface area contributed by atoms with Gasteiger partial charge in [0, 0.05) is 25.3 Å². The molecule has 4 nitrogen and oxygen atoms in total. The summed E-state index contributed by atoms with van der Waals surface area (Å²) in [7, 11) is 0. The summed E-state index contributed by atoms with van der Waals surface area (Å²) in [6.07, 6.45) is 1.33. The Hall–Kier alpha value is -1.07. The van der Waals surface area contributed by atoms with Crippen LogP contribution in [0.1, 0.15) is 34.1 Å². The van der Waals surface area contributed by atoms with Gasteiger partial charge in [-0.1, -0.05) is 29.8 Å². The first-order valence-corrected chi connectivity index (χ1v) is 9.49. The third-order valence-electron chi connectivity index (χ3n) is 4.27. The van der Waals surface area contributed by atoms with Crippen LogP contribution in [-0.4, -0.2) is 41.4 Å². The topological polar surface area (TPSA) is 41.6 Å². The zero-order valence-corrected chi connectivity index (χ0v) is 16.7. The van der Waals surface area contributed by atoms with Crippen molar-refractivity contribution >= 4 is 27.5 Å². The van der Waals surface area contributed by atoms with Crippen LogP contribution in [0.5, 0.6) is 5.75 Å². The number of likely N-dealkylation sites (tertiary alicyclic amines) is 1. The number of carbonyl (C=O) groups is 1. The van der Waals surface area contributed by atoms with Crippen molar-refractivity contribution in [1.82, 2.24) is 4.90 Å². The Balaban J connectivity index is 1.77. The fourth-order valence-electron chi connectivity index (χ4n) is 3.18. The van der Waals surface area contributed by atoms with Gasteiger partial charge in [0.1, 0.15) is 12.4 Å². The maximum Gasteiger partial charge on any atom is 0.240 e. The van der Waals surface area contributed by atoms with Gasteiger partial charge in [0.05, 0.1) is 4.32 Å². The molecule has 0 bridgehead atoms. The van der Waals surface area contributed by atoms with Gasteiger partial charge in [-0.05, 0) is 56.4 Å². The number of nitrogens with zero attached hydrogens (tertiary/aromatic N) is 1. The summed E-state index contributed by atoms with van der Waals surface area (Å²) in [6, 6.07) is 7.55. The minimum absolute atomic E-state index is 0.0653. The number of benzene rings is 1. The first-order chi connectivity index (χ1) is 11.2. The Labute approximate surface area is 154 Å². The molecule has 2 rings (SSSR count). The molecule has 0 saturated carbocycles. The monoisotopic (exact) mass is 396 g/mol. The molecule has 1 heterocycles. The summed E-state index contributed by atoms with van der Waals surface area (Å²) in [6.45, 7) is 12.3. The summed E-state index contributed by atoms with van der Waals surface area (Å²) in [4.78, 5) is 14.4. The van der Waals surface area contributed by atoms with Crippen LogP contribution in [-0.2, 0) is 4.79 Å². The van der Waals surface area contributed by atoms with Gasteiger partial charge in [-0.25, -0.2) is 0 Å². The molecule has 1 aliphatic heterocycles. The average molecular weight is 397 g/mol. The molecule has 1 amide bonds. The van der Waals surface area contributed by atoms with Crippen molar-refractivity contribution in [3.8, 4) is 5.75 Å². The predicted octanol–water partition coefficient (Wildman–Crippen LogP) is 4.16. The van der Waals surface area contributed by atoms with Gasteiger partial charge in [-0.3, -0.25) is 9.69 Å². The second kappa shape index (κ2) is 8.34. The highest BCUT2D eigenvalue weighted by Crippen LogP contribution is 2.22. The molecular formula is C19H29BrN2O2. The molecule has 5 heteroatoms. The van der Waals surface area contributed by atoms with Gasteiger partial charge >= 0.3 is 0 Å². The van der Waals surface area contributed by atoms with E-state index in [2.05, 4.69) is 40.0 Å². The normalized spacial score (nSPS) is 22.2. The first kappa shape index (κ1) is 19.3. The fourth-order valence-corrected chi connectivity index (χ4v) is 3.28. The molecule has 1 aromatic rings. The Morgan fingerprint density at radius 1 is 1.25 bits per heavy atom. The van der Waals surface area contributed by atoms with E-state index in [0.717, 1.165) is 29.8 Å². The van der Waals surface area contributed by atoms with Crippen molar-refractivity contribution in [2.75, 3.05) is 31.6 Å². The standard InChI is InChI=1S/C19H29BrN2O2/c1-14-11-15(2)13-22(12-14)9-10-24-17-7-5-16(6-8-17)21-18(23)19(3,4)20/h5-8,14-15H,9-13H2,1-4H3,(H,21,23)/t14-,15-/m0/s1. The highest BCUT2D eigenvalue weighted by Gasteiger charge is 2.23. The highest BCUT2D eigenvalue weighted by atomic mass is 79.9. The zero-order valence-electron chi connectivity index (χ0n) is 15.1. The molecule has 1 aliphatic rings. The van der Waals surface area contributed by atoms with Gasteiger partial charge in [0.25, 0.3) is 0 Å². The van der Waals surface area contributed by atoms with Gasteiger partial charge in [-0.15, -0.1) is 0 Å². The quantitative estimate of drug-likeness (QED) is 0.734. The van der Waals surface area contributed by atoms with Crippen LogP contribution in [0.25, 0.3) is 0 Å². The second-order valence-corrected chi connectivity index (χ2v) is 9.49. The predicted molar refractivity (Wildman–Crippen MR) is 103 cm³/mol. The van der Waals surface area contributed by atoms with Crippen LogP contribution in [0, 0.1) is 11.8 Å². The molecule has 134 valence electrons. The largest absolute Gasteiger partial charge is 0.492 e. The molecule has 1 N–H and O–H groups in total. The molecule has 0 radical (unpaired) electrons. The number of amides is 1. The van der Waals surface area contributed by atoms with E-state index in [-0.39, 0.29) is 5.91 Å². The van der Waals surface area contributed by atoms with E-state index < -0.39 is 4.32 Å². The van der Waals surface area contributed by atoms with Crippen LogP contribution in [0.4, 0.5) is 5.69 Å². The van der Waals surface area contributed by atoms with Gasteiger partial charge in [0.2, 0.25) is 5.91 Å². The summed E-state index contributed by atoms with van der Waals surface area (Å²) in [5, 5.41) is 2.88. The van der Waals surface area contributed by atoms with Gasteiger partial charge < -0.3 is 10.1 Å². The molecule has 0 aromatic heterocycles. The van der Waals surface area contributed by atoms with Crippen molar-refractivity contribution in [3.63, 3.8) is 0 Å². The van der Waals surface area contributed by atoms with E-state index in [4.69, 9.17) is 4.74 Å². The SMILES string of the molecule is C[C@H]1C[C@H](C)CN(CCOc2ccc(NC(=O)C(C)(C)Br)cc2)C1. The Kier molecular flexibility index (Phi) is 6.70. The van der Waals surface area contributed by atoms with Crippen LogP contribution in [0.15, 0.2) is 24.3 Å². The number of rotatable bonds is 6. The van der Waals surface area contributed by atoms with E-state index >= 15 is 0 Å². The molecule has 0 spiro atoms. The van der Waals surface area contributed by atoms with Crippen molar-refractivity contribution in [3.05, 3.63) is 24.3 Å². The number of hydrogen-bond acceptors (Lipinski definition) is 3. The van der Waals surface area contributed by atoms with E-state index in [9.17, 15) is 4.79 Å². The second-order valence-electron chi connectivity index (χ2n) is 7.51. The number of alkyl halides is 1. The number of piperidine rings is 1. The summed E-state index contributed by atoms with van der Waals surface area (Å²) in [5.41, 5.74) is 0.776. The number of hydrogen-bond donors (Lipinski definition) is 1. The molecule has 0 unspecified atom stereocenters. The first-order valence-electron chi connectivity index (χ1n) is 8.69. The Bertz CT molecular complexity index is 529. The lowest BCUT2D eigenvalue weighted by Gasteiger charge is -2.34. The Morgan fingerprint density at radius 3 is 2.38 bits per heavy atom. The van der Waals surface area contributed by atoms with E-state index in [0.29, 0.717) is 6.61 Å². The lowest BCUT2D eigenvalue weighted by Crippen LogP contribution is -2.40. The number of halogens is 1. The minimum Gasteiger partial charge on any atom is -0.492 e. The smallest absolute Gasteiger partial charge is 0.240 e. The molecule has 24 heavy (non-hydrogen) atoms. The number of nitrogens with one attached hydrogen (secondary N) is 1. The third kappa shape index (κ3) is 6.10. The maximum absolute atomic E-state index is 11.9. The van der Waals surface area contributed by atoms with Crippen molar-refractivity contribution in [2.24, 2.45) is 11.8 Å². The number of anilines is 1. The zero-order chi connectivity index (χ0) is 17.7. The lowest BCUT2D eigenvalue weighted by molar-refractivity contribution is -0.117. The van der Waals surface area contributed by atoms with E-state index in [1.807, 2.05) is 38.1 Å². The van der Waals surface area contributed by atoms with E-state index in [1.54, 1.807) is 0 Å². The lowest BCUT2D eigenvalue weighted by atomic mass is 9.92. The van der Waals surface area contributed by atoms with Gasteiger partial charge in [-0.2, -0.15) is 0 Å². The van der Waals surface area contributed by atoms with Crippen molar-refractivity contribution in [2.45, 2.75) is 38.4 Å². The molecule has 1 aromatic carbocycles. The third-order valence-corrected chi connectivity index (χ3v) is 4.63. The van der Waals surface area contributed by atoms with E-state index in [1.165, 1.54) is 19.5 Å². The van der Waals surface area contributed by atoms with Crippen LogP contribution in [0.3, 0.4) is 0 Å². The van der Waals surface area contributed by atoms with Crippen molar-refractivity contribution < 1.29 is 9.53 Å². The number of ether oxygens (including phenoxy) is 1. The summed E-state index contributed by atoms with van der Waals surface area (Å²) >= 11 is 3.35. The van der Waals surface area contributed by atoms with Crippen LogP contribution >= 0.6 is 15.9 Å². The van der Waals surface area contributed by atoms with Crippen LogP contribution < -0.4 is 10.1 Å². The molecule has 1 saturated heterocycles. The summed E-state index contributed by atoms with van der Waals surface area (Å²) in [5.74, 6) is 2.32. The van der Waals surface area contributed by atoms with Gasteiger partial charge in [0.15, 0.2) is 0 Å². The molecule has 2 atom stereocenters. The Morgan fingerprint density at radius 2 is 1.83 bits per heavy atom. The van der Waals surface area contributed by atoms with Crippen molar-refractivity contribution in [1.29, 1.82) is 0 Å². The summed E-state index contributed by atoms with van der Waals surface area (Å²) < 4.78 is 5.26. The van der Waals surface area contributed by atoms with Crippen LogP contribution in [0.2, 0.25) is 0 Å².